The molecule has 60 valence electrons. The Morgan fingerprint density at radius 1 is 1.50 bits per heavy atom. The maximum absolute atomic E-state index is 3.07. The summed E-state index contributed by atoms with van der Waals surface area (Å²) in [6.45, 7) is 4.31. The fraction of sp³-hybridized carbons (Fsp3) is 0.750. The van der Waals surface area contributed by atoms with Crippen molar-refractivity contribution in [3.63, 3.8) is 0 Å². The molecule has 0 aromatic carbocycles. The number of hydrogen-bond donors (Lipinski definition) is 1. The number of hydrazine groups is 1. The molecule has 0 saturated carbocycles. The largest absolute Gasteiger partial charge is 0.316 e. The number of nitrogens with zero attached hydrogens (tertiary/aromatic N) is 1. The van der Waals surface area contributed by atoms with E-state index in [4.69, 9.17) is 0 Å². The third kappa shape index (κ3) is 2.87. The Morgan fingerprint density at radius 3 is 2.40 bits per heavy atom. The monoisotopic (exact) mass is 142 g/mol. The van der Waals surface area contributed by atoms with Gasteiger partial charge in [0.25, 0.3) is 0 Å². The molecule has 0 saturated heterocycles. The van der Waals surface area contributed by atoms with Crippen LogP contribution >= 0.6 is 0 Å². The van der Waals surface area contributed by atoms with E-state index in [1.807, 2.05) is 19.1 Å². The van der Waals surface area contributed by atoms with Crippen LogP contribution in [-0.4, -0.2) is 19.1 Å². The van der Waals surface area contributed by atoms with Crippen LogP contribution in [0.15, 0.2) is 11.8 Å². The molecule has 10 heavy (non-hydrogen) atoms. The van der Waals surface area contributed by atoms with Crippen LogP contribution in [0.3, 0.4) is 0 Å². The Labute approximate surface area is 63.9 Å². The van der Waals surface area contributed by atoms with Crippen molar-refractivity contribution in [2.75, 3.05) is 14.1 Å². The van der Waals surface area contributed by atoms with Crippen molar-refractivity contribution < 1.29 is 0 Å². The van der Waals surface area contributed by atoms with Crippen LogP contribution in [0.5, 0.6) is 0 Å². The summed E-state index contributed by atoms with van der Waals surface area (Å²) in [6, 6.07) is 0. The summed E-state index contributed by atoms with van der Waals surface area (Å²) in [7, 11) is 3.96. The molecule has 0 aliphatic carbocycles. The minimum absolute atomic E-state index is 1.09. The van der Waals surface area contributed by atoms with E-state index in [0.717, 1.165) is 12.8 Å². The van der Waals surface area contributed by atoms with Gasteiger partial charge in [-0.05, 0) is 12.8 Å². The lowest BCUT2D eigenvalue weighted by molar-refractivity contribution is 0.322. The molecule has 0 heterocycles. The number of rotatable bonds is 4. The molecule has 0 amide bonds. The van der Waals surface area contributed by atoms with Crippen molar-refractivity contribution in [2.45, 2.75) is 26.7 Å². The third-order valence-electron chi connectivity index (χ3n) is 1.57. The van der Waals surface area contributed by atoms with Gasteiger partial charge >= 0.3 is 0 Å². The second-order valence-electron chi connectivity index (χ2n) is 2.24. The molecule has 0 atom stereocenters. The second kappa shape index (κ2) is 5.30. The first-order valence-electron chi connectivity index (χ1n) is 3.86. The lowest BCUT2D eigenvalue weighted by Gasteiger charge is -2.19. The first-order chi connectivity index (χ1) is 4.76. The molecule has 0 spiro atoms. The first kappa shape index (κ1) is 9.50. The van der Waals surface area contributed by atoms with Crippen molar-refractivity contribution >= 4 is 0 Å². The maximum Gasteiger partial charge on any atom is 0.0247 e. The summed E-state index contributed by atoms with van der Waals surface area (Å²) in [6.07, 6.45) is 4.43. The van der Waals surface area contributed by atoms with E-state index in [-0.39, 0.29) is 0 Å². The van der Waals surface area contributed by atoms with E-state index in [1.165, 1.54) is 5.70 Å². The highest BCUT2D eigenvalue weighted by Gasteiger charge is 1.95. The highest BCUT2D eigenvalue weighted by atomic mass is 15.5. The van der Waals surface area contributed by atoms with Crippen molar-refractivity contribution in [1.82, 2.24) is 10.4 Å². The predicted molar refractivity (Wildman–Crippen MR) is 45.5 cm³/mol. The van der Waals surface area contributed by atoms with Crippen LogP contribution in [0.1, 0.15) is 26.7 Å². The van der Waals surface area contributed by atoms with Crippen LogP contribution in [0, 0.1) is 0 Å². The van der Waals surface area contributed by atoms with Gasteiger partial charge in [-0.25, -0.2) is 5.43 Å². The standard InChI is InChI=1S/C8H18N2/c1-5-7-8(6-2)10(4)9-3/h7,9H,5-6H2,1-4H3/b8-7+. The Balaban J connectivity index is 3.92. The number of allylic oxidation sites excluding steroid dienone is 2. The van der Waals surface area contributed by atoms with Crippen molar-refractivity contribution in [1.29, 1.82) is 0 Å². The zero-order valence-electron chi connectivity index (χ0n) is 7.44. The van der Waals surface area contributed by atoms with Crippen LogP contribution in [0.4, 0.5) is 0 Å². The Kier molecular flexibility index (Phi) is 5.03. The molecule has 0 aromatic heterocycles. The summed E-state index contributed by atoms with van der Waals surface area (Å²) < 4.78 is 0. The summed E-state index contributed by atoms with van der Waals surface area (Å²) >= 11 is 0. The third-order valence-corrected chi connectivity index (χ3v) is 1.57. The van der Waals surface area contributed by atoms with Crippen LogP contribution in [0.25, 0.3) is 0 Å². The molecular formula is C8H18N2. The lowest BCUT2D eigenvalue weighted by atomic mass is 10.3. The molecule has 0 fully saturated rings. The molecule has 0 aliphatic heterocycles. The van der Waals surface area contributed by atoms with E-state index in [1.54, 1.807) is 0 Å². The van der Waals surface area contributed by atoms with Gasteiger partial charge in [0.1, 0.15) is 0 Å². The highest BCUT2D eigenvalue weighted by Crippen LogP contribution is 2.03. The number of nitrogens with one attached hydrogen (secondary N) is 1. The summed E-state index contributed by atoms with van der Waals surface area (Å²) in [5.41, 5.74) is 4.42. The Bertz CT molecular complexity index is 108. The Morgan fingerprint density at radius 2 is 2.10 bits per heavy atom. The summed E-state index contributed by atoms with van der Waals surface area (Å²) in [5.74, 6) is 0. The molecule has 2 nitrogen and oxygen atoms in total. The molecule has 0 radical (unpaired) electrons. The zero-order valence-corrected chi connectivity index (χ0v) is 7.44. The maximum atomic E-state index is 3.07. The van der Waals surface area contributed by atoms with E-state index >= 15 is 0 Å². The number of hydrogen-bond acceptors (Lipinski definition) is 2. The van der Waals surface area contributed by atoms with Gasteiger partial charge in [-0.2, -0.15) is 0 Å². The fourth-order valence-corrected chi connectivity index (χ4v) is 0.898. The van der Waals surface area contributed by atoms with E-state index in [9.17, 15) is 0 Å². The van der Waals surface area contributed by atoms with Gasteiger partial charge in [0, 0.05) is 19.8 Å². The van der Waals surface area contributed by atoms with Gasteiger partial charge in [-0.15, -0.1) is 0 Å². The fourth-order valence-electron chi connectivity index (χ4n) is 0.898. The average molecular weight is 142 g/mol. The van der Waals surface area contributed by atoms with Gasteiger partial charge in [-0.1, -0.05) is 19.9 Å². The first-order valence-corrected chi connectivity index (χ1v) is 3.86. The van der Waals surface area contributed by atoms with Gasteiger partial charge in [0.15, 0.2) is 0 Å². The minimum Gasteiger partial charge on any atom is -0.316 e. The summed E-state index contributed by atoms with van der Waals surface area (Å²) in [4.78, 5) is 0. The lowest BCUT2D eigenvalue weighted by Crippen LogP contribution is -2.29. The highest BCUT2D eigenvalue weighted by molar-refractivity contribution is 4.97. The van der Waals surface area contributed by atoms with E-state index in [2.05, 4.69) is 25.3 Å². The van der Waals surface area contributed by atoms with Crippen molar-refractivity contribution in [2.24, 2.45) is 0 Å². The molecule has 0 unspecified atom stereocenters. The molecule has 1 N–H and O–H groups in total. The molecule has 2 heteroatoms. The van der Waals surface area contributed by atoms with Gasteiger partial charge in [0.05, 0.1) is 0 Å². The van der Waals surface area contributed by atoms with Crippen LogP contribution in [-0.2, 0) is 0 Å². The summed E-state index contributed by atoms with van der Waals surface area (Å²) in [5, 5.41) is 2.05. The topological polar surface area (TPSA) is 15.3 Å². The minimum atomic E-state index is 1.09. The SMILES string of the molecule is CC/C=C(\CC)N(C)NC. The molecule has 0 aromatic rings. The normalized spacial score (nSPS) is 11.8. The van der Waals surface area contributed by atoms with E-state index in [0.29, 0.717) is 0 Å². The molecular weight excluding hydrogens is 124 g/mol. The quantitative estimate of drug-likeness (QED) is 0.602. The Hall–Kier alpha value is -0.500. The van der Waals surface area contributed by atoms with Crippen LogP contribution in [0.2, 0.25) is 0 Å². The van der Waals surface area contributed by atoms with Crippen molar-refractivity contribution in [3.05, 3.63) is 11.8 Å². The van der Waals surface area contributed by atoms with Gasteiger partial charge < -0.3 is 5.01 Å². The smallest absolute Gasteiger partial charge is 0.0247 e. The van der Waals surface area contributed by atoms with Crippen LogP contribution < -0.4 is 5.43 Å². The molecule has 0 rings (SSSR count). The van der Waals surface area contributed by atoms with E-state index < -0.39 is 0 Å². The predicted octanol–water partition coefficient (Wildman–Crippen LogP) is 1.76. The van der Waals surface area contributed by atoms with Gasteiger partial charge in [0.2, 0.25) is 0 Å². The molecule has 0 aliphatic rings. The van der Waals surface area contributed by atoms with Crippen molar-refractivity contribution in [3.8, 4) is 0 Å². The average Bonchev–Trinajstić information content (AvgIpc) is 1.99. The van der Waals surface area contributed by atoms with Gasteiger partial charge in [-0.3, -0.25) is 0 Å². The molecule has 0 bridgehead atoms. The second-order valence-corrected chi connectivity index (χ2v) is 2.24. The zero-order chi connectivity index (χ0) is 7.98.